The van der Waals surface area contributed by atoms with Gasteiger partial charge in [-0.2, -0.15) is 8.42 Å². The number of hydrogen-bond donors (Lipinski definition) is 4. The van der Waals surface area contributed by atoms with E-state index in [4.69, 9.17) is 10.3 Å². The van der Waals surface area contributed by atoms with Crippen LogP contribution in [0.4, 0.5) is 5.69 Å². The molecule has 0 saturated carbocycles. The Morgan fingerprint density at radius 2 is 1.68 bits per heavy atom. The summed E-state index contributed by atoms with van der Waals surface area (Å²) in [4.78, 5) is -0.400. The van der Waals surface area contributed by atoms with Crippen LogP contribution in [0.3, 0.4) is 0 Å². The van der Waals surface area contributed by atoms with Crippen LogP contribution in [0.1, 0.15) is 0 Å². The molecule has 0 amide bonds. The lowest BCUT2D eigenvalue weighted by atomic mass is 10.0. The van der Waals surface area contributed by atoms with E-state index in [-0.39, 0.29) is 16.8 Å². The molecule has 100 valence electrons. The van der Waals surface area contributed by atoms with Crippen molar-refractivity contribution in [2.45, 2.75) is 4.90 Å². The molecule has 0 heterocycles. The molecule has 0 atom stereocenters. The Morgan fingerprint density at radius 1 is 1.00 bits per heavy atom. The first-order valence-corrected chi connectivity index (χ1v) is 6.63. The molecule has 0 radical (unpaired) electrons. The van der Waals surface area contributed by atoms with Crippen molar-refractivity contribution >= 4 is 15.8 Å². The summed E-state index contributed by atoms with van der Waals surface area (Å²) in [6.07, 6.45) is 0. The maximum absolute atomic E-state index is 11.3. The number of anilines is 1. The average Bonchev–Trinajstić information content (AvgIpc) is 2.31. The van der Waals surface area contributed by atoms with E-state index in [9.17, 15) is 18.6 Å². The molecular formula is C12H11NO5S. The van der Waals surface area contributed by atoms with Gasteiger partial charge in [0.1, 0.15) is 4.90 Å². The third-order valence-electron chi connectivity index (χ3n) is 2.59. The summed E-state index contributed by atoms with van der Waals surface area (Å²) < 4.78 is 31.8. The molecule has 0 aromatic heterocycles. The van der Waals surface area contributed by atoms with E-state index in [2.05, 4.69) is 0 Å². The van der Waals surface area contributed by atoms with Crippen molar-refractivity contribution in [2.75, 3.05) is 5.73 Å². The van der Waals surface area contributed by atoms with E-state index in [1.807, 2.05) is 0 Å². The van der Waals surface area contributed by atoms with Crippen LogP contribution in [0.15, 0.2) is 41.3 Å². The van der Waals surface area contributed by atoms with Crippen molar-refractivity contribution in [1.29, 1.82) is 0 Å². The largest absolute Gasteiger partial charge is 0.504 e. The monoisotopic (exact) mass is 281 g/mol. The molecule has 0 spiro atoms. The van der Waals surface area contributed by atoms with Gasteiger partial charge in [0.15, 0.2) is 11.5 Å². The minimum atomic E-state index is -4.48. The molecule has 2 aromatic carbocycles. The van der Waals surface area contributed by atoms with Crippen LogP contribution in [0.2, 0.25) is 0 Å². The molecule has 6 nitrogen and oxygen atoms in total. The summed E-state index contributed by atoms with van der Waals surface area (Å²) in [5, 5.41) is 19.2. The van der Waals surface area contributed by atoms with Gasteiger partial charge in [0.25, 0.3) is 10.1 Å². The number of nitrogens with two attached hydrogens (primary N) is 1. The topological polar surface area (TPSA) is 121 Å². The van der Waals surface area contributed by atoms with Crippen LogP contribution in [-0.2, 0) is 10.1 Å². The summed E-state index contributed by atoms with van der Waals surface area (Å²) in [6.45, 7) is 0. The number of phenols is 2. The maximum atomic E-state index is 11.3. The molecule has 0 saturated heterocycles. The third-order valence-corrected chi connectivity index (χ3v) is 3.50. The second-order valence-corrected chi connectivity index (χ2v) is 5.29. The highest BCUT2D eigenvalue weighted by molar-refractivity contribution is 7.86. The molecule has 19 heavy (non-hydrogen) atoms. The molecular weight excluding hydrogens is 270 g/mol. The second-order valence-electron chi connectivity index (χ2n) is 3.90. The van der Waals surface area contributed by atoms with E-state index in [1.54, 1.807) is 0 Å². The number of benzene rings is 2. The highest BCUT2D eigenvalue weighted by Crippen LogP contribution is 2.39. The number of phenolic OH excluding ortho intramolecular Hbond substituents is 2. The zero-order valence-electron chi connectivity index (χ0n) is 9.61. The summed E-state index contributed by atoms with van der Waals surface area (Å²) in [5.41, 5.74) is 5.90. The Kier molecular flexibility index (Phi) is 3.09. The zero-order chi connectivity index (χ0) is 14.2. The molecule has 0 fully saturated rings. The van der Waals surface area contributed by atoms with Crippen molar-refractivity contribution < 1.29 is 23.2 Å². The van der Waals surface area contributed by atoms with Crippen molar-refractivity contribution in [3.05, 3.63) is 36.4 Å². The summed E-state index contributed by atoms with van der Waals surface area (Å²) in [6, 6.07) is 7.81. The van der Waals surface area contributed by atoms with Crippen LogP contribution in [0.5, 0.6) is 11.5 Å². The highest BCUT2D eigenvalue weighted by Gasteiger charge is 2.19. The van der Waals surface area contributed by atoms with Crippen molar-refractivity contribution in [3.8, 4) is 22.6 Å². The maximum Gasteiger partial charge on any atom is 0.295 e. The fourth-order valence-electron chi connectivity index (χ4n) is 1.73. The number of hydrogen-bond acceptors (Lipinski definition) is 5. The molecule has 2 aromatic rings. The Hall–Kier alpha value is -2.25. The lowest BCUT2D eigenvalue weighted by Gasteiger charge is -2.10. The van der Waals surface area contributed by atoms with Crippen molar-refractivity contribution in [2.24, 2.45) is 0 Å². The Morgan fingerprint density at radius 3 is 2.32 bits per heavy atom. The van der Waals surface area contributed by atoms with Crippen LogP contribution in [-0.4, -0.2) is 23.2 Å². The molecule has 0 aliphatic carbocycles. The number of rotatable bonds is 2. The first-order chi connectivity index (χ1) is 8.80. The number of nitrogen functional groups attached to an aromatic ring is 1. The smallest absolute Gasteiger partial charge is 0.295 e. The predicted octanol–water partition coefficient (Wildman–Crippen LogP) is 1.59. The van der Waals surface area contributed by atoms with E-state index in [1.165, 1.54) is 30.3 Å². The Balaban J connectivity index is 2.82. The van der Waals surface area contributed by atoms with Gasteiger partial charge in [-0.05, 0) is 24.3 Å². The first kappa shape index (κ1) is 13.2. The lowest BCUT2D eigenvalue weighted by Crippen LogP contribution is -2.01. The van der Waals surface area contributed by atoms with Crippen LogP contribution >= 0.6 is 0 Å². The van der Waals surface area contributed by atoms with Gasteiger partial charge in [0, 0.05) is 16.8 Å². The summed E-state index contributed by atoms with van der Waals surface area (Å²) in [7, 11) is -4.48. The fourth-order valence-corrected chi connectivity index (χ4v) is 2.42. The first-order valence-electron chi connectivity index (χ1n) is 5.19. The minimum absolute atomic E-state index is 0.0101. The zero-order valence-corrected chi connectivity index (χ0v) is 10.4. The van der Waals surface area contributed by atoms with E-state index < -0.39 is 26.5 Å². The molecule has 5 N–H and O–H groups in total. The summed E-state index contributed by atoms with van der Waals surface area (Å²) in [5.74, 6) is -0.890. The molecule has 2 rings (SSSR count). The van der Waals surface area contributed by atoms with Crippen LogP contribution in [0.25, 0.3) is 11.1 Å². The van der Waals surface area contributed by atoms with Gasteiger partial charge in [-0.1, -0.05) is 12.1 Å². The van der Waals surface area contributed by atoms with Gasteiger partial charge in [-0.3, -0.25) is 4.55 Å². The molecule has 7 heteroatoms. The SMILES string of the molecule is Nc1ccc(S(=O)(=O)O)c(-c2cccc(O)c2O)c1. The lowest BCUT2D eigenvalue weighted by molar-refractivity contribution is 0.405. The Bertz CT molecular complexity index is 740. The van der Waals surface area contributed by atoms with Gasteiger partial charge >= 0.3 is 0 Å². The summed E-state index contributed by atoms with van der Waals surface area (Å²) >= 11 is 0. The quantitative estimate of drug-likeness (QED) is 0.377. The average molecular weight is 281 g/mol. The minimum Gasteiger partial charge on any atom is -0.504 e. The Labute approximate surface area is 109 Å². The van der Waals surface area contributed by atoms with Gasteiger partial charge in [-0.25, -0.2) is 0 Å². The van der Waals surface area contributed by atoms with Crippen molar-refractivity contribution in [3.63, 3.8) is 0 Å². The third kappa shape index (κ3) is 2.47. The molecule has 0 bridgehead atoms. The van der Waals surface area contributed by atoms with Gasteiger partial charge < -0.3 is 15.9 Å². The predicted molar refractivity (Wildman–Crippen MR) is 69.4 cm³/mol. The van der Waals surface area contributed by atoms with Crippen molar-refractivity contribution in [1.82, 2.24) is 0 Å². The van der Waals surface area contributed by atoms with E-state index >= 15 is 0 Å². The normalized spacial score (nSPS) is 11.4. The molecule has 0 aliphatic heterocycles. The van der Waals surface area contributed by atoms with Crippen LogP contribution in [0, 0.1) is 0 Å². The highest BCUT2D eigenvalue weighted by atomic mass is 32.2. The van der Waals surface area contributed by atoms with Gasteiger partial charge in [-0.15, -0.1) is 0 Å². The molecule has 0 unspecified atom stereocenters. The van der Waals surface area contributed by atoms with Crippen LogP contribution < -0.4 is 5.73 Å². The van der Waals surface area contributed by atoms with Gasteiger partial charge in [0.2, 0.25) is 0 Å². The number of aromatic hydroxyl groups is 2. The standard InChI is InChI=1S/C12H11NO5S/c13-7-4-5-11(19(16,17)18)9(6-7)8-2-1-3-10(14)12(8)15/h1-6,14-15H,13H2,(H,16,17,18). The van der Waals surface area contributed by atoms with E-state index in [0.29, 0.717) is 0 Å². The van der Waals surface area contributed by atoms with Gasteiger partial charge in [0.05, 0.1) is 0 Å². The van der Waals surface area contributed by atoms with E-state index in [0.717, 1.165) is 6.07 Å². The molecule has 0 aliphatic rings. The fraction of sp³-hybridized carbons (Fsp3) is 0. The second kappa shape index (κ2) is 4.45. The number of para-hydroxylation sites is 1.